The lowest BCUT2D eigenvalue weighted by Crippen LogP contribution is -2.07. The van der Waals surface area contributed by atoms with Gasteiger partial charge in [-0.1, -0.05) is 48.2 Å². The molecule has 3 aromatic rings. The van der Waals surface area contributed by atoms with E-state index >= 15 is 0 Å². The fraction of sp³-hybridized carbons (Fsp3) is 0.231. The van der Waals surface area contributed by atoms with Gasteiger partial charge < -0.3 is 9.47 Å². The first-order valence-corrected chi connectivity index (χ1v) is 11.3. The van der Waals surface area contributed by atoms with E-state index in [-0.39, 0.29) is 0 Å². The number of unbranched alkanes of at least 4 members (excludes halogenated alkanes) is 3. The number of aliphatic imine (C=N–C) groups is 1. The van der Waals surface area contributed by atoms with Crippen LogP contribution in [0.2, 0.25) is 0 Å². The van der Waals surface area contributed by atoms with Crippen LogP contribution in [0.25, 0.3) is 0 Å². The third kappa shape index (κ3) is 7.68. The molecule has 0 aliphatic carbocycles. The average Bonchev–Trinajstić information content (AvgIpc) is 2.79. The van der Waals surface area contributed by atoms with E-state index in [1.807, 2.05) is 36.4 Å². The smallest absolute Gasteiger partial charge is 0.343 e. The van der Waals surface area contributed by atoms with Crippen molar-refractivity contribution < 1.29 is 14.3 Å². The summed E-state index contributed by atoms with van der Waals surface area (Å²) in [4.78, 5) is 16.8. The Morgan fingerprint density at radius 3 is 2.42 bits per heavy atom. The maximum atomic E-state index is 12.3. The summed E-state index contributed by atoms with van der Waals surface area (Å²) < 4.78 is 12.0. The highest BCUT2D eigenvalue weighted by Gasteiger charge is 2.08. The van der Waals surface area contributed by atoms with E-state index in [1.165, 1.54) is 19.3 Å². The number of hydrogen-bond donors (Lipinski definition) is 0. The van der Waals surface area contributed by atoms with E-state index in [1.54, 1.807) is 42.6 Å². The fourth-order valence-electron chi connectivity index (χ4n) is 2.90. The zero-order valence-corrected chi connectivity index (χ0v) is 19.2. The lowest BCUT2D eigenvalue weighted by molar-refractivity contribution is 0.0734. The quantitative estimate of drug-likeness (QED) is 0.132. The van der Waals surface area contributed by atoms with Crippen LogP contribution in [0.4, 0.5) is 5.69 Å². The highest BCUT2D eigenvalue weighted by Crippen LogP contribution is 2.20. The Labute approximate surface area is 192 Å². The number of hydrogen-bond acceptors (Lipinski definition) is 4. The summed E-state index contributed by atoms with van der Waals surface area (Å²) in [5.74, 6) is 0.968. The van der Waals surface area contributed by atoms with Crippen LogP contribution >= 0.6 is 15.9 Å². The standard InChI is InChI=1S/C26H26BrNO3/c1-2-3-4-5-17-30-24-15-9-20(10-16-24)19-28-23-13-11-21(12-14-23)26(29)31-25-8-6-7-22(27)18-25/h6-16,18-19H,2-5,17H2,1H3. The molecule has 0 radical (unpaired) electrons. The van der Waals surface area contributed by atoms with Crippen LogP contribution in [0, 0.1) is 0 Å². The third-order valence-electron chi connectivity index (χ3n) is 4.62. The molecular formula is C26H26BrNO3. The Kier molecular flexibility index (Phi) is 8.85. The summed E-state index contributed by atoms with van der Waals surface area (Å²) in [6.45, 7) is 2.96. The van der Waals surface area contributed by atoms with Gasteiger partial charge in [-0.25, -0.2) is 4.79 Å². The molecule has 0 aliphatic rings. The Morgan fingerprint density at radius 2 is 1.71 bits per heavy atom. The van der Waals surface area contributed by atoms with Crippen molar-refractivity contribution in [2.75, 3.05) is 6.61 Å². The fourth-order valence-corrected chi connectivity index (χ4v) is 3.28. The molecule has 0 heterocycles. The van der Waals surface area contributed by atoms with Crippen LogP contribution in [0.15, 0.2) is 82.3 Å². The molecule has 0 fully saturated rings. The number of ether oxygens (including phenoxy) is 2. The molecule has 0 saturated heterocycles. The molecule has 0 aromatic heterocycles. The maximum absolute atomic E-state index is 12.3. The van der Waals surface area contributed by atoms with E-state index in [0.29, 0.717) is 11.3 Å². The summed E-state index contributed by atoms with van der Waals surface area (Å²) in [6.07, 6.45) is 6.57. The number of benzene rings is 3. The molecule has 4 nitrogen and oxygen atoms in total. The lowest BCUT2D eigenvalue weighted by Gasteiger charge is -2.06. The van der Waals surface area contributed by atoms with E-state index in [0.717, 1.165) is 34.5 Å². The Hall–Kier alpha value is -2.92. The monoisotopic (exact) mass is 479 g/mol. The Morgan fingerprint density at radius 1 is 0.935 bits per heavy atom. The second kappa shape index (κ2) is 12.1. The van der Waals surface area contributed by atoms with Gasteiger partial charge in [-0.2, -0.15) is 0 Å². The molecule has 0 spiro atoms. The normalized spacial score (nSPS) is 10.9. The lowest BCUT2D eigenvalue weighted by atomic mass is 10.2. The predicted molar refractivity (Wildman–Crippen MR) is 129 cm³/mol. The topological polar surface area (TPSA) is 47.9 Å². The summed E-state index contributed by atoms with van der Waals surface area (Å²) in [5, 5.41) is 0. The molecule has 0 bridgehead atoms. The average molecular weight is 480 g/mol. The van der Waals surface area contributed by atoms with Crippen LogP contribution in [0.1, 0.15) is 48.5 Å². The Balaban J connectivity index is 1.51. The SMILES string of the molecule is CCCCCCOc1ccc(C=Nc2ccc(C(=O)Oc3cccc(Br)c3)cc2)cc1. The largest absolute Gasteiger partial charge is 0.494 e. The van der Waals surface area contributed by atoms with Crippen molar-refractivity contribution >= 4 is 33.8 Å². The molecule has 5 heteroatoms. The molecule has 0 atom stereocenters. The van der Waals surface area contributed by atoms with E-state index in [4.69, 9.17) is 9.47 Å². The predicted octanol–water partition coefficient (Wildman–Crippen LogP) is 7.38. The first-order valence-electron chi connectivity index (χ1n) is 10.5. The third-order valence-corrected chi connectivity index (χ3v) is 5.11. The van der Waals surface area contributed by atoms with Gasteiger partial charge in [-0.15, -0.1) is 0 Å². The van der Waals surface area contributed by atoms with Crippen LogP contribution in [-0.2, 0) is 0 Å². The first-order chi connectivity index (χ1) is 15.1. The van der Waals surface area contributed by atoms with Crippen molar-refractivity contribution in [1.82, 2.24) is 0 Å². The van der Waals surface area contributed by atoms with Crippen molar-refractivity contribution in [2.24, 2.45) is 4.99 Å². The van der Waals surface area contributed by atoms with Crippen LogP contribution in [0.5, 0.6) is 11.5 Å². The van der Waals surface area contributed by atoms with Crippen molar-refractivity contribution in [1.29, 1.82) is 0 Å². The molecular weight excluding hydrogens is 454 g/mol. The molecule has 0 saturated carbocycles. The van der Waals surface area contributed by atoms with Gasteiger partial charge in [0.1, 0.15) is 11.5 Å². The van der Waals surface area contributed by atoms with Gasteiger partial charge in [0.25, 0.3) is 0 Å². The minimum Gasteiger partial charge on any atom is -0.494 e. The van der Waals surface area contributed by atoms with Crippen LogP contribution in [-0.4, -0.2) is 18.8 Å². The van der Waals surface area contributed by atoms with Crippen molar-refractivity contribution in [3.63, 3.8) is 0 Å². The number of esters is 1. The Bertz CT molecular complexity index is 998. The molecule has 160 valence electrons. The van der Waals surface area contributed by atoms with Gasteiger partial charge in [0.2, 0.25) is 0 Å². The van der Waals surface area contributed by atoms with Gasteiger partial charge in [0.15, 0.2) is 0 Å². The molecule has 0 aliphatic heterocycles. The van der Waals surface area contributed by atoms with Gasteiger partial charge >= 0.3 is 5.97 Å². The second-order valence-corrected chi connectivity index (χ2v) is 8.05. The minimum atomic E-state index is -0.404. The number of rotatable bonds is 10. The molecule has 0 unspecified atom stereocenters. The van der Waals surface area contributed by atoms with E-state index in [2.05, 4.69) is 27.8 Å². The van der Waals surface area contributed by atoms with E-state index in [9.17, 15) is 4.79 Å². The van der Waals surface area contributed by atoms with Crippen molar-refractivity contribution in [2.45, 2.75) is 32.6 Å². The molecule has 3 aromatic carbocycles. The minimum absolute atomic E-state index is 0.404. The number of carbonyl (C=O) groups is 1. The number of carbonyl (C=O) groups excluding carboxylic acids is 1. The highest BCUT2D eigenvalue weighted by molar-refractivity contribution is 9.10. The summed E-state index contributed by atoms with van der Waals surface area (Å²) in [7, 11) is 0. The summed E-state index contributed by atoms with van der Waals surface area (Å²) >= 11 is 3.36. The van der Waals surface area contributed by atoms with Gasteiger partial charge in [0.05, 0.1) is 17.9 Å². The molecule has 0 amide bonds. The van der Waals surface area contributed by atoms with Crippen LogP contribution in [0.3, 0.4) is 0 Å². The molecule has 3 rings (SSSR count). The number of halogens is 1. The molecule has 31 heavy (non-hydrogen) atoms. The summed E-state index contributed by atoms with van der Waals surface area (Å²) in [6, 6.07) is 22.1. The zero-order chi connectivity index (χ0) is 21.9. The second-order valence-electron chi connectivity index (χ2n) is 7.13. The number of nitrogens with zero attached hydrogens (tertiary/aromatic N) is 1. The zero-order valence-electron chi connectivity index (χ0n) is 17.6. The van der Waals surface area contributed by atoms with Crippen LogP contribution < -0.4 is 9.47 Å². The first kappa shape index (κ1) is 22.8. The van der Waals surface area contributed by atoms with Gasteiger partial charge in [-0.05, 0) is 78.7 Å². The van der Waals surface area contributed by atoms with Gasteiger partial charge in [0, 0.05) is 10.7 Å². The van der Waals surface area contributed by atoms with Crippen molar-refractivity contribution in [3.05, 3.63) is 88.4 Å². The maximum Gasteiger partial charge on any atom is 0.343 e. The highest BCUT2D eigenvalue weighted by atomic mass is 79.9. The van der Waals surface area contributed by atoms with Crippen molar-refractivity contribution in [3.8, 4) is 11.5 Å². The summed E-state index contributed by atoms with van der Waals surface area (Å²) in [5.41, 5.74) is 2.21. The van der Waals surface area contributed by atoms with E-state index < -0.39 is 5.97 Å². The molecule has 0 N–H and O–H groups in total. The van der Waals surface area contributed by atoms with Gasteiger partial charge in [-0.3, -0.25) is 4.99 Å².